The fourth-order valence-corrected chi connectivity index (χ4v) is 3.32. The molecule has 0 saturated heterocycles. The van der Waals surface area contributed by atoms with Gasteiger partial charge in [-0.05, 0) is 5.56 Å². The highest BCUT2D eigenvalue weighted by molar-refractivity contribution is 7.93. The van der Waals surface area contributed by atoms with Crippen LogP contribution in [0.4, 0.5) is 13.2 Å². The molecule has 0 aliphatic carbocycles. The highest BCUT2D eigenvalue weighted by Crippen LogP contribution is 2.40. The van der Waals surface area contributed by atoms with E-state index in [0.29, 0.717) is 5.56 Å². The summed E-state index contributed by atoms with van der Waals surface area (Å²) in [4.78, 5) is 13.8. The Morgan fingerprint density at radius 3 is 2.50 bits per heavy atom. The van der Waals surface area contributed by atoms with Gasteiger partial charge in [0.1, 0.15) is 0 Å². The summed E-state index contributed by atoms with van der Waals surface area (Å²) in [7, 11) is -5.69. The summed E-state index contributed by atoms with van der Waals surface area (Å²) in [6.07, 6.45) is -1.78. The van der Waals surface area contributed by atoms with E-state index in [0.717, 1.165) is 4.68 Å². The minimum Gasteiger partial charge on any atom is -0.476 e. The summed E-state index contributed by atoms with van der Waals surface area (Å²) < 4.78 is 65.4. The van der Waals surface area contributed by atoms with Crippen molar-refractivity contribution in [1.29, 1.82) is 0 Å². The van der Waals surface area contributed by atoms with Gasteiger partial charge in [-0.2, -0.15) is 13.8 Å². The number of alkyl halides is 3. The maximum absolute atomic E-state index is 14.1. The van der Waals surface area contributed by atoms with Gasteiger partial charge in [0.2, 0.25) is 0 Å². The highest BCUT2D eigenvalue weighted by Gasteiger charge is 2.57. The lowest BCUT2D eigenvalue weighted by Gasteiger charge is -2.12. The lowest BCUT2D eigenvalue weighted by atomic mass is 10.0. The van der Waals surface area contributed by atoms with Crippen molar-refractivity contribution in [2.75, 3.05) is 0 Å². The first-order valence-electron chi connectivity index (χ1n) is 6.67. The highest BCUT2D eigenvalue weighted by atomic mass is 32.2. The van der Waals surface area contributed by atoms with Crippen LogP contribution in [0, 0.1) is 0 Å². The Morgan fingerprint density at radius 1 is 1.29 bits per heavy atom. The fraction of sp³-hybridized carbons (Fsp3) is 0.308. The van der Waals surface area contributed by atoms with Crippen LogP contribution in [-0.2, 0) is 14.6 Å². The molecule has 0 fully saturated rings. The van der Waals surface area contributed by atoms with Gasteiger partial charge in [-0.3, -0.25) is 0 Å². The van der Waals surface area contributed by atoms with Crippen LogP contribution >= 0.6 is 0 Å². The first-order chi connectivity index (χ1) is 11.2. The van der Waals surface area contributed by atoms with E-state index in [-0.39, 0.29) is 6.42 Å². The van der Waals surface area contributed by atoms with Crippen molar-refractivity contribution >= 4 is 15.8 Å². The molecule has 1 aromatic carbocycles. The van der Waals surface area contributed by atoms with Crippen LogP contribution in [-0.4, -0.2) is 39.5 Å². The Morgan fingerprint density at radius 2 is 1.92 bits per heavy atom. The molecule has 2 atom stereocenters. The number of rotatable bonds is 4. The van der Waals surface area contributed by atoms with Crippen LogP contribution in [0.3, 0.4) is 0 Å². The number of aromatic nitrogens is 3. The second-order valence-corrected chi connectivity index (χ2v) is 7.04. The minimum absolute atomic E-state index is 0.0744. The number of benzene rings is 1. The van der Waals surface area contributed by atoms with Gasteiger partial charge < -0.3 is 5.11 Å². The molecule has 0 amide bonds. The molecule has 3 rings (SSSR count). The lowest BCUT2D eigenvalue weighted by Crippen LogP contribution is -2.38. The second kappa shape index (κ2) is 5.30. The predicted molar refractivity (Wildman–Crippen MR) is 72.8 cm³/mol. The zero-order chi connectivity index (χ0) is 17.7. The number of carbonyl (C=O) groups is 1. The third-order valence-corrected chi connectivity index (χ3v) is 5.16. The molecule has 0 unspecified atom stereocenters. The van der Waals surface area contributed by atoms with E-state index in [2.05, 4.69) is 10.1 Å². The molecule has 11 heteroatoms. The molecule has 1 N–H and O–H groups in total. The SMILES string of the molecule is O=C(O)C(F)(F)S(=O)(=O)c1nc2n(n1)[C@H](c1ccccc1)C[C@@H]2F. The van der Waals surface area contributed by atoms with E-state index in [1.165, 1.54) is 0 Å². The molecule has 128 valence electrons. The van der Waals surface area contributed by atoms with E-state index in [9.17, 15) is 26.4 Å². The quantitative estimate of drug-likeness (QED) is 0.890. The molecule has 0 radical (unpaired) electrons. The molecular formula is C13H10F3N3O4S. The molecule has 0 spiro atoms. The molecule has 0 saturated carbocycles. The van der Waals surface area contributed by atoms with Crippen molar-refractivity contribution in [2.45, 2.75) is 29.0 Å². The molecule has 1 aromatic heterocycles. The van der Waals surface area contributed by atoms with Crippen molar-refractivity contribution in [2.24, 2.45) is 0 Å². The third-order valence-electron chi connectivity index (χ3n) is 3.65. The van der Waals surface area contributed by atoms with Gasteiger partial charge in [0.25, 0.3) is 15.0 Å². The zero-order valence-corrected chi connectivity index (χ0v) is 12.6. The van der Waals surface area contributed by atoms with Crippen molar-refractivity contribution in [3.63, 3.8) is 0 Å². The summed E-state index contributed by atoms with van der Waals surface area (Å²) >= 11 is 0. The number of hydrogen-bond donors (Lipinski definition) is 1. The third kappa shape index (κ3) is 2.27. The number of halogens is 3. The first kappa shape index (κ1) is 16.4. The summed E-state index contributed by atoms with van der Waals surface area (Å²) in [6, 6.07) is 7.65. The van der Waals surface area contributed by atoms with E-state index in [4.69, 9.17) is 5.11 Å². The molecule has 0 bridgehead atoms. The van der Waals surface area contributed by atoms with Crippen LogP contribution in [0.25, 0.3) is 0 Å². The lowest BCUT2D eigenvalue weighted by molar-refractivity contribution is -0.153. The van der Waals surface area contributed by atoms with Gasteiger partial charge in [0.05, 0.1) is 6.04 Å². The van der Waals surface area contributed by atoms with Gasteiger partial charge in [-0.1, -0.05) is 30.3 Å². The monoisotopic (exact) mass is 361 g/mol. The van der Waals surface area contributed by atoms with Crippen LogP contribution in [0.15, 0.2) is 35.5 Å². The summed E-state index contributed by atoms with van der Waals surface area (Å²) in [5, 5.41) is 5.34. The summed E-state index contributed by atoms with van der Waals surface area (Å²) in [5.74, 6) is -3.28. The van der Waals surface area contributed by atoms with Gasteiger partial charge in [-0.25, -0.2) is 22.3 Å². The minimum atomic E-state index is -5.69. The second-order valence-electron chi connectivity index (χ2n) is 5.15. The van der Waals surface area contributed by atoms with Crippen molar-refractivity contribution in [3.05, 3.63) is 41.7 Å². The Hall–Kier alpha value is -2.43. The number of aliphatic carboxylic acids is 1. The zero-order valence-electron chi connectivity index (χ0n) is 11.8. The van der Waals surface area contributed by atoms with Gasteiger partial charge in [-0.15, -0.1) is 5.10 Å². The Kier molecular flexibility index (Phi) is 3.62. The van der Waals surface area contributed by atoms with Gasteiger partial charge >= 0.3 is 11.2 Å². The molecule has 1 aliphatic rings. The predicted octanol–water partition coefficient (Wildman–Crippen LogP) is 1.73. The van der Waals surface area contributed by atoms with E-state index >= 15 is 0 Å². The average molecular weight is 361 g/mol. The first-order valence-corrected chi connectivity index (χ1v) is 8.16. The molecule has 1 aliphatic heterocycles. The van der Waals surface area contributed by atoms with Gasteiger partial charge in [0.15, 0.2) is 12.0 Å². The topological polar surface area (TPSA) is 102 Å². The average Bonchev–Trinajstić information content (AvgIpc) is 3.09. The number of fused-ring (bicyclic) bond motifs is 1. The molecule has 7 nitrogen and oxygen atoms in total. The largest absolute Gasteiger partial charge is 0.476 e. The smallest absolute Gasteiger partial charge is 0.447 e. The van der Waals surface area contributed by atoms with E-state index in [1.54, 1.807) is 30.3 Å². The molecular weight excluding hydrogens is 351 g/mol. The van der Waals surface area contributed by atoms with Crippen LogP contribution in [0.1, 0.15) is 30.0 Å². The molecule has 2 aromatic rings. The van der Waals surface area contributed by atoms with Crippen molar-refractivity contribution < 1.29 is 31.5 Å². The molecule has 2 heterocycles. The number of hydrogen-bond acceptors (Lipinski definition) is 5. The fourth-order valence-electron chi connectivity index (χ4n) is 2.46. The maximum Gasteiger partial charge on any atom is 0.447 e. The van der Waals surface area contributed by atoms with E-state index < -0.39 is 44.3 Å². The summed E-state index contributed by atoms with van der Waals surface area (Å²) in [5.41, 5.74) is 0.595. The number of sulfone groups is 1. The van der Waals surface area contributed by atoms with Crippen molar-refractivity contribution in [1.82, 2.24) is 14.8 Å². The Labute approximate surface area is 133 Å². The maximum atomic E-state index is 14.1. The Bertz CT molecular complexity index is 898. The van der Waals surface area contributed by atoms with Crippen LogP contribution < -0.4 is 0 Å². The van der Waals surface area contributed by atoms with Crippen LogP contribution in [0.2, 0.25) is 0 Å². The normalized spacial score (nSPS) is 20.8. The Balaban J connectivity index is 2.08. The number of carboxylic acids is 1. The summed E-state index contributed by atoms with van der Waals surface area (Å²) in [6.45, 7) is 0. The number of nitrogens with zero attached hydrogens (tertiary/aromatic N) is 3. The number of carboxylic acid groups (broad SMARTS) is 1. The van der Waals surface area contributed by atoms with Gasteiger partial charge in [0, 0.05) is 6.42 Å². The van der Waals surface area contributed by atoms with E-state index in [1.807, 2.05) is 0 Å². The molecule has 24 heavy (non-hydrogen) atoms. The van der Waals surface area contributed by atoms with Crippen molar-refractivity contribution in [3.8, 4) is 0 Å². The van der Waals surface area contributed by atoms with Crippen LogP contribution in [0.5, 0.6) is 0 Å². The standard InChI is InChI=1S/C13H10F3N3O4S/c14-8-6-9(7-4-2-1-3-5-7)19-10(8)17-12(18-19)24(22,23)13(15,16)11(20)21/h1-5,8-9H,6H2,(H,20,21)/t8-,9-/m0/s1.